The Morgan fingerprint density at radius 1 is 1.60 bits per heavy atom. The molecule has 0 amide bonds. The maximum absolute atomic E-state index is 11.6. The Balaban J connectivity index is 2.67. The zero-order valence-electron chi connectivity index (χ0n) is 9.56. The first-order valence-corrected chi connectivity index (χ1v) is 5.36. The number of carbonyl (C=O) groups excluding carboxylic acids is 1. The van der Waals surface area contributed by atoms with Crippen LogP contribution in [-0.4, -0.2) is 21.6 Å². The molecule has 1 heterocycles. The summed E-state index contributed by atoms with van der Waals surface area (Å²) in [7, 11) is 0. The predicted octanol–water partition coefficient (Wildman–Crippen LogP) is 2.25. The summed E-state index contributed by atoms with van der Waals surface area (Å²) in [6, 6.07) is 0. The predicted molar refractivity (Wildman–Crippen MR) is 57.7 cm³/mol. The van der Waals surface area contributed by atoms with Crippen molar-refractivity contribution in [3.8, 4) is 0 Å². The minimum Gasteiger partial charge on any atom is -0.458 e. The maximum atomic E-state index is 11.6. The van der Waals surface area contributed by atoms with E-state index in [0.29, 0.717) is 5.69 Å². The molecule has 0 aliphatic carbocycles. The second-order valence-electron chi connectivity index (χ2n) is 3.78. The molecule has 0 spiro atoms. The molecule has 0 atom stereocenters. The fourth-order valence-electron chi connectivity index (χ4n) is 1.27. The summed E-state index contributed by atoms with van der Waals surface area (Å²) in [5.41, 5.74) is 0.539. The zero-order chi connectivity index (χ0) is 11.3. The fraction of sp³-hybridized carbons (Fsp3) is 0.636. The van der Waals surface area contributed by atoms with Gasteiger partial charge in [0.1, 0.15) is 5.69 Å². The SMILES string of the molecule is CCCCn1cncc1C(=O)OC(C)C. The first kappa shape index (κ1) is 11.8. The second kappa shape index (κ2) is 5.53. The van der Waals surface area contributed by atoms with Crippen LogP contribution in [0.1, 0.15) is 44.1 Å². The Morgan fingerprint density at radius 2 is 2.33 bits per heavy atom. The Morgan fingerprint density at radius 3 is 2.93 bits per heavy atom. The van der Waals surface area contributed by atoms with Gasteiger partial charge in [-0.15, -0.1) is 0 Å². The molecule has 0 radical (unpaired) electrons. The molecule has 0 N–H and O–H groups in total. The molecule has 1 aromatic rings. The van der Waals surface area contributed by atoms with Crippen LogP contribution in [0.5, 0.6) is 0 Å². The van der Waals surface area contributed by atoms with Crippen LogP contribution in [0, 0.1) is 0 Å². The van der Waals surface area contributed by atoms with E-state index in [1.165, 1.54) is 0 Å². The van der Waals surface area contributed by atoms with Gasteiger partial charge in [-0.1, -0.05) is 13.3 Å². The van der Waals surface area contributed by atoms with Crippen LogP contribution in [-0.2, 0) is 11.3 Å². The molecule has 0 aliphatic heterocycles. The summed E-state index contributed by atoms with van der Waals surface area (Å²) in [5.74, 6) is -0.293. The molecule has 4 heteroatoms. The van der Waals surface area contributed by atoms with Gasteiger partial charge in [-0.25, -0.2) is 9.78 Å². The van der Waals surface area contributed by atoms with Crippen molar-refractivity contribution in [2.24, 2.45) is 0 Å². The van der Waals surface area contributed by atoms with Crippen molar-refractivity contribution >= 4 is 5.97 Å². The Labute approximate surface area is 90.3 Å². The number of nitrogens with zero attached hydrogens (tertiary/aromatic N) is 2. The lowest BCUT2D eigenvalue weighted by Gasteiger charge is -2.09. The average Bonchev–Trinajstić information content (AvgIpc) is 2.61. The molecule has 4 nitrogen and oxygen atoms in total. The highest BCUT2D eigenvalue weighted by molar-refractivity contribution is 5.87. The summed E-state index contributed by atoms with van der Waals surface area (Å²) >= 11 is 0. The van der Waals surface area contributed by atoms with Crippen LogP contribution in [0.15, 0.2) is 12.5 Å². The van der Waals surface area contributed by atoms with E-state index in [1.807, 2.05) is 18.4 Å². The van der Waals surface area contributed by atoms with Gasteiger partial charge in [0.05, 0.1) is 18.6 Å². The van der Waals surface area contributed by atoms with Crippen LogP contribution in [0.3, 0.4) is 0 Å². The van der Waals surface area contributed by atoms with Crippen molar-refractivity contribution in [3.63, 3.8) is 0 Å². The number of unbranched alkanes of at least 4 members (excludes halogenated alkanes) is 1. The molecule has 84 valence electrons. The van der Waals surface area contributed by atoms with Crippen molar-refractivity contribution in [3.05, 3.63) is 18.2 Å². The third kappa shape index (κ3) is 3.38. The number of carbonyl (C=O) groups is 1. The number of aryl methyl sites for hydroxylation is 1. The van der Waals surface area contributed by atoms with E-state index in [2.05, 4.69) is 11.9 Å². The lowest BCUT2D eigenvalue weighted by Crippen LogP contribution is -2.15. The topological polar surface area (TPSA) is 44.1 Å². The molecule has 1 rings (SSSR count). The van der Waals surface area contributed by atoms with E-state index in [1.54, 1.807) is 12.5 Å². The van der Waals surface area contributed by atoms with Gasteiger partial charge in [0, 0.05) is 6.54 Å². The van der Waals surface area contributed by atoms with Crippen LogP contribution in [0.4, 0.5) is 0 Å². The molecule has 0 unspecified atom stereocenters. The first-order valence-electron chi connectivity index (χ1n) is 5.36. The average molecular weight is 210 g/mol. The highest BCUT2D eigenvalue weighted by Gasteiger charge is 2.13. The lowest BCUT2D eigenvalue weighted by atomic mass is 10.3. The van der Waals surface area contributed by atoms with E-state index in [0.717, 1.165) is 19.4 Å². The molecule has 15 heavy (non-hydrogen) atoms. The number of rotatable bonds is 5. The normalized spacial score (nSPS) is 10.7. The maximum Gasteiger partial charge on any atom is 0.356 e. The molecule has 0 aliphatic rings. The van der Waals surface area contributed by atoms with Gasteiger partial charge in [-0.2, -0.15) is 0 Å². The molecule has 0 aromatic carbocycles. The van der Waals surface area contributed by atoms with E-state index in [4.69, 9.17) is 4.74 Å². The number of hydrogen-bond donors (Lipinski definition) is 0. The van der Waals surface area contributed by atoms with Crippen LogP contribution in [0.25, 0.3) is 0 Å². The van der Waals surface area contributed by atoms with Crippen LogP contribution >= 0.6 is 0 Å². The molecule has 0 saturated carbocycles. The van der Waals surface area contributed by atoms with Crippen molar-refractivity contribution < 1.29 is 9.53 Å². The third-order valence-corrected chi connectivity index (χ3v) is 2.02. The molecular formula is C11H18N2O2. The largest absolute Gasteiger partial charge is 0.458 e. The van der Waals surface area contributed by atoms with Crippen molar-refractivity contribution in [1.29, 1.82) is 0 Å². The van der Waals surface area contributed by atoms with Crippen LogP contribution < -0.4 is 0 Å². The highest BCUT2D eigenvalue weighted by Crippen LogP contribution is 2.05. The van der Waals surface area contributed by atoms with Crippen molar-refractivity contribution in [1.82, 2.24) is 9.55 Å². The van der Waals surface area contributed by atoms with Gasteiger partial charge in [0.2, 0.25) is 0 Å². The van der Waals surface area contributed by atoms with Gasteiger partial charge in [-0.3, -0.25) is 0 Å². The van der Waals surface area contributed by atoms with Gasteiger partial charge in [-0.05, 0) is 20.3 Å². The van der Waals surface area contributed by atoms with Gasteiger partial charge < -0.3 is 9.30 Å². The molecule has 0 saturated heterocycles. The second-order valence-corrected chi connectivity index (χ2v) is 3.78. The van der Waals surface area contributed by atoms with E-state index >= 15 is 0 Å². The summed E-state index contributed by atoms with van der Waals surface area (Å²) in [4.78, 5) is 15.6. The summed E-state index contributed by atoms with van der Waals surface area (Å²) in [6.45, 7) is 6.61. The number of aromatic nitrogens is 2. The van der Waals surface area contributed by atoms with E-state index in [9.17, 15) is 4.79 Å². The summed E-state index contributed by atoms with van der Waals surface area (Å²) in [6.07, 6.45) is 5.27. The standard InChI is InChI=1S/C11H18N2O2/c1-4-5-6-13-8-12-7-10(13)11(14)15-9(2)3/h7-9H,4-6H2,1-3H3. The molecule has 1 aromatic heterocycles. The minimum absolute atomic E-state index is 0.0907. The first-order chi connectivity index (χ1) is 7.15. The van der Waals surface area contributed by atoms with E-state index in [-0.39, 0.29) is 12.1 Å². The van der Waals surface area contributed by atoms with Gasteiger partial charge in [0.25, 0.3) is 0 Å². The van der Waals surface area contributed by atoms with Crippen LogP contribution in [0.2, 0.25) is 0 Å². The lowest BCUT2D eigenvalue weighted by molar-refractivity contribution is 0.0365. The minimum atomic E-state index is -0.293. The fourth-order valence-corrected chi connectivity index (χ4v) is 1.27. The van der Waals surface area contributed by atoms with Gasteiger partial charge >= 0.3 is 5.97 Å². The smallest absolute Gasteiger partial charge is 0.356 e. The number of hydrogen-bond acceptors (Lipinski definition) is 3. The van der Waals surface area contributed by atoms with Crippen molar-refractivity contribution in [2.45, 2.75) is 46.3 Å². The number of esters is 1. The highest BCUT2D eigenvalue weighted by atomic mass is 16.5. The molecule has 0 fully saturated rings. The molecular weight excluding hydrogens is 192 g/mol. The van der Waals surface area contributed by atoms with Gasteiger partial charge in [0.15, 0.2) is 0 Å². The van der Waals surface area contributed by atoms with Crippen molar-refractivity contribution in [2.75, 3.05) is 0 Å². The Bertz CT molecular complexity index is 318. The summed E-state index contributed by atoms with van der Waals surface area (Å²) in [5, 5.41) is 0. The number of imidazole rings is 1. The quantitative estimate of drug-likeness (QED) is 0.700. The summed E-state index contributed by atoms with van der Waals surface area (Å²) < 4.78 is 6.96. The Kier molecular flexibility index (Phi) is 4.34. The molecule has 0 bridgehead atoms. The van der Waals surface area contributed by atoms with E-state index < -0.39 is 0 Å². The third-order valence-electron chi connectivity index (χ3n) is 2.02. The monoisotopic (exact) mass is 210 g/mol. The Hall–Kier alpha value is -1.32. The zero-order valence-corrected chi connectivity index (χ0v) is 9.56. The number of ether oxygens (including phenoxy) is 1.